The highest BCUT2D eigenvalue weighted by molar-refractivity contribution is 7.79. The number of nitrogens with one attached hydrogen (secondary N) is 2. The Morgan fingerprint density at radius 2 is 0.865 bits per heavy atom. The molecule has 0 spiro atoms. The van der Waals surface area contributed by atoms with Gasteiger partial charge in [0.25, 0.3) is 0 Å². The zero-order valence-corrected chi connectivity index (χ0v) is 21.3. The summed E-state index contributed by atoms with van der Waals surface area (Å²) in [6.45, 7) is 7.09. The summed E-state index contributed by atoms with van der Waals surface area (Å²) in [5, 5.41) is 14.7. The number of piperazine rings is 2. The van der Waals surface area contributed by atoms with E-state index in [1.165, 1.54) is 11.4 Å². The minimum Gasteiger partial charge on any atom is -0.412 e. The van der Waals surface area contributed by atoms with Crippen LogP contribution in [-0.2, 0) is 10.4 Å². The smallest absolute Gasteiger partial charge is 0.394 e. The summed E-state index contributed by atoms with van der Waals surface area (Å²) in [7, 11) is -4.67. The van der Waals surface area contributed by atoms with Gasteiger partial charge in [0.2, 0.25) is 0 Å². The largest absolute Gasteiger partial charge is 0.412 e. The summed E-state index contributed by atoms with van der Waals surface area (Å²) in [5.41, 5.74) is 13.4. The van der Waals surface area contributed by atoms with Crippen molar-refractivity contribution in [2.45, 2.75) is 0 Å². The van der Waals surface area contributed by atoms with E-state index in [-0.39, 0.29) is 22.9 Å². The van der Waals surface area contributed by atoms with Gasteiger partial charge < -0.3 is 42.0 Å². The maximum absolute atomic E-state index is 8.74. The quantitative estimate of drug-likeness (QED) is 0.155. The summed E-state index contributed by atoms with van der Waals surface area (Å²) in [5.74, 6) is 0.366. The second-order valence-corrected chi connectivity index (χ2v) is 8.73. The number of anilines is 2. The molecular weight excluding hydrogens is 504 g/mol. The number of hydrogen-bond donors (Lipinski definition) is 6. The molecule has 2 aliphatic heterocycles. The van der Waals surface area contributed by atoms with E-state index in [2.05, 4.69) is 34.1 Å². The average molecular weight is 543 g/mol. The van der Waals surface area contributed by atoms with Crippen molar-refractivity contribution in [1.82, 2.24) is 9.80 Å². The lowest BCUT2D eigenvalue weighted by atomic mass is 10.2. The molecule has 2 fully saturated rings. The highest BCUT2D eigenvalue weighted by Gasteiger charge is 2.18. The van der Waals surface area contributed by atoms with Crippen molar-refractivity contribution in [1.29, 1.82) is 10.8 Å². The van der Waals surface area contributed by atoms with Gasteiger partial charge in [0.15, 0.2) is 11.9 Å². The Bertz CT molecular complexity index is 952. The van der Waals surface area contributed by atoms with Crippen LogP contribution in [0.3, 0.4) is 0 Å². The Kier molecular flexibility index (Phi) is 14.6. The molecule has 0 radical (unpaired) electrons. The number of hydrogen-bond acceptors (Lipinski definition) is 6. The molecule has 208 valence electrons. The third-order valence-electron chi connectivity index (χ3n) is 5.48. The second-order valence-electron chi connectivity index (χ2n) is 7.84. The van der Waals surface area contributed by atoms with Gasteiger partial charge in [0.05, 0.1) is 0 Å². The second kappa shape index (κ2) is 16.2. The van der Waals surface area contributed by atoms with Gasteiger partial charge in [0, 0.05) is 63.7 Å². The number of rotatable bonds is 2. The molecule has 4 rings (SSSR count). The molecule has 12 N–H and O–H groups in total. The molecule has 37 heavy (non-hydrogen) atoms. The zero-order valence-electron chi connectivity index (χ0n) is 20.5. The molecule has 0 atom stereocenters. The van der Waals surface area contributed by atoms with E-state index < -0.39 is 10.4 Å². The molecule has 2 aromatic carbocycles. The third-order valence-corrected chi connectivity index (χ3v) is 5.48. The van der Waals surface area contributed by atoms with Crippen LogP contribution in [0.5, 0.6) is 0 Å². The van der Waals surface area contributed by atoms with Crippen molar-refractivity contribution in [3.8, 4) is 0 Å². The van der Waals surface area contributed by atoms with Crippen molar-refractivity contribution in [2.75, 3.05) is 62.2 Å². The normalized spacial score (nSPS) is 15.0. The summed E-state index contributed by atoms with van der Waals surface area (Å²) < 4.78 is 31.6. The Hall–Kier alpha value is -3.63. The van der Waals surface area contributed by atoms with Crippen LogP contribution in [0.25, 0.3) is 0 Å². The molecule has 0 bridgehead atoms. The molecule has 2 saturated heterocycles. The highest BCUT2D eigenvalue weighted by atomic mass is 32.3. The molecule has 0 saturated carbocycles. The van der Waals surface area contributed by atoms with Crippen LogP contribution >= 0.6 is 0 Å². The first-order valence-electron chi connectivity index (χ1n) is 11.0. The van der Waals surface area contributed by atoms with Gasteiger partial charge in [0.1, 0.15) is 0 Å². The van der Waals surface area contributed by atoms with Crippen LogP contribution in [0.2, 0.25) is 0 Å². The molecule has 0 aromatic heterocycles. The first kappa shape index (κ1) is 33.4. The summed E-state index contributed by atoms with van der Waals surface area (Å²) >= 11 is 0. The van der Waals surface area contributed by atoms with Crippen LogP contribution in [0.4, 0.5) is 11.4 Å². The molecule has 0 aliphatic carbocycles. The van der Waals surface area contributed by atoms with Crippen LogP contribution < -0.4 is 21.3 Å². The van der Waals surface area contributed by atoms with Crippen LogP contribution in [0, 0.1) is 10.8 Å². The summed E-state index contributed by atoms with van der Waals surface area (Å²) in [6.07, 6.45) is 0. The fraction of sp³-hybridized carbons (Fsp3) is 0.364. The molecule has 15 heteroatoms. The number of benzene rings is 2. The maximum atomic E-state index is 8.74. The molecule has 2 heterocycles. The minimum absolute atomic E-state index is 0. The molecule has 14 nitrogen and oxygen atoms in total. The SMILES string of the molecule is N=C(N)N1CCN(c2ccccc2)CC1.N=C(N)N1CCN(c2ccccc2)CC1.O.O.O=S(=O)(O)O. The Labute approximate surface area is 217 Å². The predicted octanol–water partition coefficient (Wildman–Crippen LogP) is -0.898. The first-order chi connectivity index (χ1) is 16.5. The lowest BCUT2D eigenvalue weighted by molar-refractivity contribution is 0.380. The van der Waals surface area contributed by atoms with Gasteiger partial charge in [-0.25, -0.2) is 0 Å². The van der Waals surface area contributed by atoms with Crippen LogP contribution in [-0.4, -0.2) is 103 Å². The standard InChI is InChI=1S/2C11H16N4.H2O4S.2H2O/c2*12-11(13)15-8-6-14(7-9-15)10-4-2-1-3-5-10;1-5(2,3)4;;/h2*1-5H,6-9H2,(H3,12,13);(H2,1,2,3,4);2*1H2. The van der Waals surface area contributed by atoms with Crippen molar-refractivity contribution in [3.05, 3.63) is 60.7 Å². The molecule has 2 aromatic rings. The van der Waals surface area contributed by atoms with E-state index in [0.29, 0.717) is 0 Å². The molecular formula is C22H38N8O6S. The van der Waals surface area contributed by atoms with Crippen molar-refractivity contribution in [2.24, 2.45) is 11.5 Å². The number of para-hydroxylation sites is 2. The predicted molar refractivity (Wildman–Crippen MR) is 146 cm³/mol. The van der Waals surface area contributed by atoms with E-state index in [1.807, 2.05) is 46.2 Å². The fourth-order valence-corrected chi connectivity index (χ4v) is 3.69. The zero-order chi connectivity index (χ0) is 25.8. The molecule has 0 unspecified atom stereocenters. The van der Waals surface area contributed by atoms with Crippen molar-refractivity contribution < 1.29 is 28.5 Å². The fourth-order valence-electron chi connectivity index (χ4n) is 3.69. The number of nitrogens with zero attached hydrogens (tertiary/aromatic N) is 4. The van der Waals surface area contributed by atoms with Gasteiger partial charge in [-0.3, -0.25) is 19.9 Å². The van der Waals surface area contributed by atoms with E-state index in [9.17, 15) is 0 Å². The van der Waals surface area contributed by atoms with E-state index in [1.54, 1.807) is 0 Å². The Morgan fingerprint density at radius 3 is 1.08 bits per heavy atom. The third kappa shape index (κ3) is 12.8. The maximum Gasteiger partial charge on any atom is 0.394 e. The molecule has 0 amide bonds. The lowest BCUT2D eigenvalue weighted by Crippen LogP contribution is -2.50. The Balaban J connectivity index is 0.000000569. The molecule has 2 aliphatic rings. The Morgan fingerprint density at radius 1 is 0.622 bits per heavy atom. The van der Waals surface area contributed by atoms with Crippen LogP contribution in [0.1, 0.15) is 0 Å². The van der Waals surface area contributed by atoms with E-state index in [0.717, 1.165) is 52.4 Å². The number of nitrogens with two attached hydrogens (primary N) is 2. The lowest BCUT2D eigenvalue weighted by Gasteiger charge is -2.36. The summed E-state index contributed by atoms with van der Waals surface area (Å²) in [4.78, 5) is 8.44. The summed E-state index contributed by atoms with van der Waals surface area (Å²) in [6, 6.07) is 20.7. The van der Waals surface area contributed by atoms with Gasteiger partial charge in [-0.15, -0.1) is 0 Å². The van der Waals surface area contributed by atoms with Gasteiger partial charge in [-0.2, -0.15) is 8.42 Å². The highest BCUT2D eigenvalue weighted by Crippen LogP contribution is 2.16. The van der Waals surface area contributed by atoms with Gasteiger partial charge in [-0.1, -0.05) is 36.4 Å². The first-order valence-corrected chi connectivity index (χ1v) is 12.4. The van der Waals surface area contributed by atoms with Crippen molar-refractivity contribution in [3.63, 3.8) is 0 Å². The monoisotopic (exact) mass is 542 g/mol. The van der Waals surface area contributed by atoms with Crippen LogP contribution in [0.15, 0.2) is 60.7 Å². The van der Waals surface area contributed by atoms with Gasteiger partial charge >= 0.3 is 10.4 Å². The van der Waals surface area contributed by atoms with Crippen molar-refractivity contribution >= 4 is 33.7 Å². The minimum atomic E-state index is -4.67. The van der Waals surface area contributed by atoms with E-state index >= 15 is 0 Å². The van der Waals surface area contributed by atoms with Gasteiger partial charge in [-0.05, 0) is 24.3 Å². The topological polar surface area (TPSA) is 250 Å². The van der Waals surface area contributed by atoms with E-state index in [4.69, 9.17) is 39.8 Å². The average Bonchev–Trinajstić information content (AvgIpc) is 2.85. The number of guanidine groups is 2.